The number of hydrogen-bond acceptors (Lipinski definition) is 6. The zero-order chi connectivity index (χ0) is 25.7. The molecule has 0 saturated carbocycles. The largest absolute Gasteiger partial charge is 0.444 e. The van der Waals surface area contributed by atoms with Crippen LogP contribution in [0.4, 0.5) is 9.18 Å². The van der Waals surface area contributed by atoms with Gasteiger partial charge in [-0.1, -0.05) is 32.9 Å². The highest BCUT2D eigenvalue weighted by molar-refractivity contribution is 6.46. The number of rotatable bonds is 7. The molecule has 34 heavy (non-hydrogen) atoms. The van der Waals surface area contributed by atoms with Crippen molar-refractivity contribution in [1.82, 2.24) is 15.5 Å². The monoisotopic (exact) mass is 476 g/mol. The van der Waals surface area contributed by atoms with Gasteiger partial charge < -0.3 is 15.4 Å². The highest BCUT2D eigenvalue weighted by Gasteiger charge is 2.43. The molecule has 186 valence electrons. The SMILES string of the molecule is CC(C)(C)OC(=O)NCCCN1C(=O)C(=O)C(C(=O)NCc2ccc(F)cc2)N=C1C(C)(C)C. The Bertz CT molecular complexity index is 961. The molecule has 1 heterocycles. The molecular formula is C24H33FN4O5. The Morgan fingerprint density at radius 1 is 1.06 bits per heavy atom. The Balaban J connectivity index is 2.06. The third-order valence-electron chi connectivity index (χ3n) is 4.74. The van der Waals surface area contributed by atoms with E-state index in [4.69, 9.17) is 4.74 Å². The van der Waals surface area contributed by atoms with Crippen molar-refractivity contribution in [3.05, 3.63) is 35.6 Å². The van der Waals surface area contributed by atoms with Crippen molar-refractivity contribution in [2.24, 2.45) is 10.4 Å². The maximum atomic E-state index is 13.1. The molecule has 0 spiro atoms. The number of alkyl carbamates (subject to hydrolysis) is 1. The summed E-state index contributed by atoms with van der Waals surface area (Å²) in [5, 5.41) is 5.20. The van der Waals surface area contributed by atoms with Gasteiger partial charge in [-0.05, 0) is 44.9 Å². The summed E-state index contributed by atoms with van der Waals surface area (Å²) in [5.41, 5.74) is -0.606. The van der Waals surface area contributed by atoms with Gasteiger partial charge in [-0.15, -0.1) is 0 Å². The van der Waals surface area contributed by atoms with Crippen LogP contribution in [0.3, 0.4) is 0 Å². The van der Waals surface area contributed by atoms with Crippen LogP contribution in [0.1, 0.15) is 53.5 Å². The van der Waals surface area contributed by atoms with Crippen LogP contribution >= 0.6 is 0 Å². The molecule has 2 N–H and O–H groups in total. The maximum absolute atomic E-state index is 13.1. The van der Waals surface area contributed by atoms with Gasteiger partial charge in [-0.3, -0.25) is 19.3 Å². The number of carbonyl (C=O) groups excluding carboxylic acids is 4. The van der Waals surface area contributed by atoms with Crippen LogP contribution in [0.2, 0.25) is 0 Å². The van der Waals surface area contributed by atoms with Crippen molar-refractivity contribution in [3.63, 3.8) is 0 Å². The lowest BCUT2D eigenvalue weighted by molar-refractivity contribution is -0.146. The third-order valence-corrected chi connectivity index (χ3v) is 4.74. The van der Waals surface area contributed by atoms with Gasteiger partial charge >= 0.3 is 6.09 Å². The molecule has 10 heteroatoms. The van der Waals surface area contributed by atoms with Crippen LogP contribution in [0.25, 0.3) is 0 Å². The smallest absolute Gasteiger partial charge is 0.407 e. The predicted molar refractivity (Wildman–Crippen MR) is 124 cm³/mol. The number of Topliss-reactive ketones (excluding diaryl/α,β-unsaturated/α-hetero) is 1. The molecule has 9 nitrogen and oxygen atoms in total. The average molecular weight is 477 g/mol. The molecule has 2 rings (SSSR count). The number of halogens is 1. The van der Waals surface area contributed by atoms with Gasteiger partial charge in [0.25, 0.3) is 17.6 Å². The summed E-state index contributed by atoms with van der Waals surface area (Å²) < 4.78 is 18.2. The second kappa shape index (κ2) is 10.8. The van der Waals surface area contributed by atoms with Crippen LogP contribution in [0, 0.1) is 11.2 Å². The normalized spacial score (nSPS) is 16.7. The molecule has 3 amide bonds. The molecular weight excluding hydrogens is 443 g/mol. The predicted octanol–water partition coefficient (Wildman–Crippen LogP) is 2.58. The Morgan fingerprint density at radius 3 is 2.24 bits per heavy atom. The quantitative estimate of drug-likeness (QED) is 0.356. The van der Waals surface area contributed by atoms with Crippen LogP contribution in [-0.4, -0.2) is 59.2 Å². The van der Waals surface area contributed by atoms with E-state index in [1.165, 1.54) is 29.2 Å². The van der Waals surface area contributed by atoms with E-state index in [2.05, 4.69) is 15.6 Å². The van der Waals surface area contributed by atoms with Crippen molar-refractivity contribution < 1.29 is 28.3 Å². The molecule has 1 atom stereocenters. The molecule has 0 saturated heterocycles. The third kappa shape index (κ3) is 7.64. The summed E-state index contributed by atoms with van der Waals surface area (Å²) in [7, 11) is 0. The summed E-state index contributed by atoms with van der Waals surface area (Å²) in [6.07, 6.45) is -0.217. The van der Waals surface area contributed by atoms with E-state index in [1.807, 2.05) is 20.8 Å². The molecule has 0 bridgehead atoms. The van der Waals surface area contributed by atoms with Gasteiger partial charge in [-0.2, -0.15) is 0 Å². The molecule has 0 aromatic heterocycles. The molecule has 1 aliphatic rings. The molecule has 0 fully saturated rings. The number of ketones is 1. The minimum Gasteiger partial charge on any atom is -0.444 e. The van der Waals surface area contributed by atoms with E-state index in [1.54, 1.807) is 20.8 Å². The molecule has 1 unspecified atom stereocenters. The molecule has 0 aliphatic carbocycles. The van der Waals surface area contributed by atoms with E-state index in [-0.39, 0.29) is 19.6 Å². The topological polar surface area (TPSA) is 117 Å². The fourth-order valence-electron chi connectivity index (χ4n) is 3.21. The maximum Gasteiger partial charge on any atom is 0.407 e. The number of aliphatic imine (C=N–C) groups is 1. The lowest BCUT2D eigenvalue weighted by Crippen LogP contribution is -2.57. The molecule has 1 aromatic rings. The Hall–Kier alpha value is -3.30. The fraction of sp³-hybridized carbons (Fsp3) is 0.542. The first-order valence-electron chi connectivity index (χ1n) is 11.1. The molecule has 1 aliphatic heterocycles. The van der Waals surface area contributed by atoms with Crippen molar-refractivity contribution in [3.8, 4) is 0 Å². The fourth-order valence-corrected chi connectivity index (χ4v) is 3.21. The lowest BCUT2D eigenvalue weighted by atomic mass is 9.91. The summed E-state index contributed by atoms with van der Waals surface area (Å²) in [6, 6.07) is 4.07. The highest BCUT2D eigenvalue weighted by Crippen LogP contribution is 2.24. The minimum atomic E-state index is -1.49. The molecule has 0 radical (unpaired) electrons. The standard InChI is InChI=1S/C24H33FN4O5/c1-23(2,3)21-28-17(19(31)27-14-15-8-10-16(25)11-9-15)18(30)20(32)29(21)13-7-12-26-22(33)34-24(4,5)6/h8-11,17H,7,12-14H2,1-6H3,(H,26,33)(H,27,31). The highest BCUT2D eigenvalue weighted by atomic mass is 19.1. The molecule has 1 aromatic carbocycles. The number of amidine groups is 1. The van der Waals surface area contributed by atoms with E-state index >= 15 is 0 Å². The van der Waals surface area contributed by atoms with Crippen molar-refractivity contribution in [1.29, 1.82) is 0 Å². The summed E-state index contributed by atoms with van der Waals surface area (Å²) in [6.45, 7) is 11.2. The number of carbonyl (C=O) groups is 4. The zero-order valence-corrected chi connectivity index (χ0v) is 20.5. The number of nitrogens with zero attached hydrogens (tertiary/aromatic N) is 2. The van der Waals surface area contributed by atoms with Gasteiger partial charge in [0.2, 0.25) is 0 Å². The number of amides is 3. The van der Waals surface area contributed by atoms with Crippen LogP contribution in [-0.2, 0) is 25.7 Å². The summed E-state index contributed by atoms with van der Waals surface area (Å²) in [4.78, 5) is 55.7. The number of ether oxygens (including phenoxy) is 1. The van der Waals surface area contributed by atoms with Crippen molar-refractivity contribution in [2.75, 3.05) is 13.1 Å². The average Bonchev–Trinajstić information content (AvgIpc) is 2.71. The second-order valence-electron chi connectivity index (χ2n) is 10.1. The van der Waals surface area contributed by atoms with Gasteiger partial charge in [0, 0.05) is 25.0 Å². The van der Waals surface area contributed by atoms with Crippen molar-refractivity contribution >= 4 is 29.5 Å². The Morgan fingerprint density at radius 2 is 1.68 bits per heavy atom. The van der Waals surface area contributed by atoms with E-state index in [9.17, 15) is 23.6 Å². The second-order valence-corrected chi connectivity index (χ2v) is 10.1. The lowest BCUT2D eigenvalue weighted by Gasteiger charge is -2.36. The Kier molecular flexibility index (Phi) is 8.52. The minimum absolute atomic E-state index is 0.0670. The van der Waals surface area contributed by atoms with Gasteiger partial charge in [0.1, 0.15) is 17.3 Å². The summed E-state index contributed by atoms with van der Waals surface area (Å²) >= 11 is 0. The van der Waals surface area contributed by atoms with E-state index < -0.39 is 46.6 Å². The number of nitrogens with one attached hydrogen (secondary N) is 2. The zero-order valence-electron chi connectivity index (χ0n) is 20.5. The number of benzene rings is 1. The van der Waals surface area contributed by atoms with Crippen LogP contribution in [0.5, 0.6) is 0 Å². The summed E-state index contributed by atoms with van der Waals surface area (Å²) in [5.74, 6) is -2.53. The van der Waals surface area contributed by atoms with Gasteiger partial charge in [0.15, 0.2) is 6.04 Å². The van der Waals surface area contributed by atoms with E-state index in [0.29, 0.717) is 17.8 Å². The first-order valence-corrected chi connectivity index (χ1v) is 11.1. The van der Waals surface area contributed by atoms with Crippen LogP contribution in [0.15, 0.2) is 29.3 Å². The van der Waals surface area contributed by atoms with Crippen LogP contribution < -0.4 is 10.6 Å². The Labute approximate surface area is 199 Å². The van der Waals surface area contributed by atoms with Crippen molar-refractivity contribution in [2.45, 2.75) is 66.2 Å². The number of hydrogen-bond donors (Lipinski definition) is 2. The van der Waals surface area contributed by atoms with Gasteiger partial charge in [0.05, 0.1) is 0 Å². The first kappa shape index (κ1) is 26.9. The van der Waals surface area contributed by atoms with E-state index in [0.717, 1.165) is 0 Å². The van der Waals surface area contributed by atoms with Gasteiger partial charge in [-0.25, -0.2) is 14.2 Å². The first-order chi connectivity index (χ1) is 15.7.